The molecular weight excluding hydrogens is 212 g/mol. The molecule has 4 nitrogen and oxygen atoms in total. The molecule has 0 atom stereocenters. The molecule has 0 bridgehead atoms. The maximum atomic E-state index is 5.69. The summed E-state index contributed by atoms with van der Waals surface area (Å²) in [4.78, 5) is 4.11. The molecule has 80 valence electrons. The normalized spacial score (nSPS) is 20.7. The number of anilines is 1. The molecule has 1 aromatic heterocycles. The van der Waals surface area contributed by atoms with Crippen molar-refractivity contribution in [1.82, 2.24) is 15.2 Å². The van der Waals surface area contributed by atoms with Crippen LogP contribution in [-0.2, 0) is 0 Å². The summed E-state index contributed by atoms with van der Waals surface area (Å²) < 4.78 is 0. The molecule has 1 aromatic rings. The predicted octanol–water partition coefficient (Wildman–Crippen LogP) is 2.13. The molecule has 0 aromatic carbocycles. The molecule has 0 saturated heterocycles. The van der Waals surface area contributed by atoms with Crippen LogP contribution in [0.1, 0.15) is 25.7 Å². The Balaban J connectivity index is 1.71. The van der Waals surface area contributed by atoms with E-state index in [2.05, 4.69) is 20.5 Å². The van der Waals surface area contributed by atoms with Crippen LogP contribution in [-0.4, -0.2) is 21.2 Å². The van der Waals surface area contributed by atoms with Crippen LogP contribution in [0.4, 0.5) is 5.82 Å². The third-order valence-electron chi connectivity index (χ3n) is 3.11. The fourth-order valence-corrected chi connectivity index (χ4v) is 2.19. The Morgan fingerprint density at radius 1 is 1.27 bits per heavy atom. The third kappa shape index (κ3) is 2.20. The van der Waals surface area contributed by atoms with Crippen molar-refractivity contribution in [3.05, 3.63) is 11.5 Å². The number of rotatable bonds is 4. The molecule has 0 radical (unpaired) electrons. The maximum Gasteiger partial charge on any atom is 0.244 e. The van der Waals surface area contributed by atoms with Crippen molar-refractivity contribution < 1.29 is 0 Å². The van der Waals surface area contributed by atoms with Crippen molar-refractivity contribution in [2.75, 3.05) is 5.32 Å². The van der Waals surface area contributed by atoms with Gasteiger partial charge in [-0.05, 0) is 49.1 Å². The monoisotopic (exact) mass is 224 g/mol. The average Bonchev–Trinajstić information content (AvgIpc) is 3.07. The second-order valence-corrected chi connectivity index (χ2v) is 4.79. The van der Waals surface area contributed by atoms with Crippen LogP contribution in [0, 0.1) is 11.8 Å². The summed E-state index contributed by atoms with van der Waals surface area (Å²) in [5.74, 6) is 2.44. The minimum absolute atomic E-state index is 0.213. The van der Waals surface area contributed by atoms with Gasteiger partial charge in [-0.3, -0.25) is 0 Å². The van der Waals surface area contributed by atoms with E-state index in [9.17, 15) is 0 Å². The van der Waals surface area contributed by atoms with Gasteiger partial charge < -0.3 is 5.32 Å². The summed E-state index contributed by atoms with van der Waals surface area (Å²) in [5.41, 5.74) is 0. The molecule has 5 heteroatoms. The predicted molar refractivity (Wildman–Crippen MR) is 57.7 cm³/mol. The lowest BCUT2D eigenvalue weighted by Crippen LogP contribution is -2.25. The first-order valence-corrected chi connectivity index (χ1v) is 5.82. The Morgan fingerprint density at radius 2 is 1.93 bits per heavy atom. The number of hydrogen-bond acceptors (Lipinski definition) is 4. The quantitative estimate of drug-likeness (QED) is 0.851. The minimum Gasteiger partial charge on any atom is -0.365 e. The number of halogens is 1. The van der Waals surface area contributed by atoms with Crippen molar-refractivity contribution in [1.29, 1.82) is 0 Å². The third-order valence-corrected chi connectivity index (χ3v) is 3.27. The largest absolute Gasteiger partial charge is 0.365 e. The minimum atomic E-state index is 0.213. The van der Waals surface area contributed by atoms with Gasteiger partial charge in [-0.2, -0.15) is 10.1 Å². The molecule has 2 saturated carbocycles. The van der Waals surface area contributed by atoms with E-state index in [1.54, 1.807) is 6.20 Å². The van der Waals surface area contributed by atoms with Crippen molar-refractivity contribution in [3.63, 3.8) is 0 Å². The molecule has 0 unspecified atom stereocenters. The Labute approximate surface area is 93.5 Å². The van der Waals surface area contributed by atoms with Crippen molar-refractivity contribution in [2.45, 2.75) is 31.7 Å². The van der Waals surface area contributed by atoms with Crippen LogP contribution in [0.15, 0.2) is 6.20 Å². The van der Waals surface area contributed by atoms with E-state index in [4.69, 9.17) is 11.6 Å². The number of aromatic nitrogens is 3. The zero-order valence-corrected chi connectivity index (χ0v) is 9.11. The zero-order valence-electron chi connectivity index (χ0n) is 8.36. The van der Waals surface area contributed by atoms with Gasteiger partial charge in [0.25, 0.3) is 0 Å². The first kappa shape index (κ1) is 9.33. The average molecular weight is 225 g/mol. The molecule has 3 rings (SSSR count). The fraction of sp³-hybridized carbons (Fsp3) is 0.700. The summed E-state index contributed by atoms with van der Waals surface area (Å²) >= 11 is 5.69. The van der Waals surface area contributed by atoms with E-state index >= 15 is 0 Å². The van der Waals surface area contributed by atoms with Gasteiger partial charge in [0.05, 0.1) is 6.20 Å². The highest BCUT2D eigenvalue weighted by atomic mass is 35.5. The summed E-state index contributed by atoms with van der Waals surface area (Å²) in [7, 11) is 0. The molecule has 0 amide bonds. The lowest BCUT2D eigenvalue weighted by Gasteiger charge is -2.17. The van der Waals surface area contributed by atoms with Crippen LogP contribution >= 0.6 is 11.6 Å². The first-order chi connectivity index (χ1) is 7.33. The van der Waals surface area contributed by atoms with E-state index in [-0.39, 0.29) is 5.28 Å². The van der Waals surface area contributed by atoms with E-state index in [1.807, 2.05) is 0 Å². The molecule has 0 spiro atoms. The van der Waals surface area contributed by atoms with Gasteiger partial charge in [-0.1, -0.05) is 0 Å². The summed E-state index contributed by atoms with van der Waals surface area (Å²) in [6.07, 6.45) is 7.03. The fourth-order valence-electron chi connectivity index (χ4n) is 2.05. The van der Waals surface area contributed by atoms with Gasteiger partial charge in [0.2, 0.25) is 5.28 Å². The Kier molecular flexibility index (Phi) is 2.24. The summed E-state index contributed by atoms with van der Waals surface area (Å²) in [5, 5.41) is 11.1. The molecule has 2 fully saturated rings. The molecule has 15 heavy (non-hydrogen) atoms. The topological polar surface area (TPSA) is 50.7 Å². The van der Waals surface area contributed by atoms with Gasteiger partial charge in [0, 0.05) is 6.04 Å². The number of hydrogen-bond donors (Lipinski definition) is 1. The van der Waals surface area contributed by atoms with Gasteiger partial charge in [-0.25, -0.2) is 0 Å². The second-order valence-electron chi connectivity index (χ2n) is 4.46. The lowest BCUT2D eigenvalue weighted by atomic mass is 10.1. The van der Waals surface area contributed by atoms with Gasteiger partial charge in [0.1, 0.15) is 5.82 Å². The van der Waals surface area contributed by atoms with Crippen LogP contribution in [0.5, 0.6) is 0 Å². The Morgan fingerprint density at radius 3 is 2.47 bits per heavy atom. The van der Waals surface area contributed by atoms with Crippen molar-refractivity contribution in [2.24, 2.45) is 11.8 Å². The van der Waals surface area contributed by atoms with E-state index in [0.29, 0.717) is 6.04 Å². The summed E-state index contributed by atoms with van der Waals surface area (Å²) in [6.45, 7) is 0. The maximum absolute atomic E-state index is 5.69. The standard InChI is InChI=1S/C10H13ClN4/c11-10-14-8(5-12-15-10)13-9(6-1-2-6)7-3-4-7/h5-7,9H,1-4H2,(H,13,14,15). The number of nitrogens with zero attached hydrogens (tertiary/aromatic N) is 3. The van der Waals surface area contributed by atoms with Crippen molar-refractivity contribution in [3.8, 4) is 0 Å². The second kappa shape index (κ2) is 3.59. The highest BCUT2D eigenvalue weighted by molar-refractivity contribution is 6.28. The van der Waals surface area contributed by atoms with E-state index < -0.39 is 0 Å². The number of nitrogens with one attached hydrogen (secondary N) is 1. The lowest BCUT2D eigenvalue weighted by molar-refractivity contribution is 0.565. The van der Waals surface area contributed by atoms with Gasteiger partial charge >= 0.3 is 0 Å². The van der Waals surface area contributed by atoms with E-state index in [0.717, 1.165) is 17.7 Å². The molecule has 2 aliphatic rings. The van der Waals surface area contributed by atoms with Crippen LogP contribution in [0.25, 0.3) is 0 Å². The van der Waals surface area contributed by atoms with Crippen LogP contribution < -0.4 is 5.32 Å². The van der Waals surface area contributed by atoms with E-state index in [1.165, 1.54) is 25.7 Å². The van der Waals surface area contributed by atoms with Crippen LogP contribution in [0.3, 0.4) is 0 Å². The smallest absolute Gasteiger partial charge is 0.244 e. The Bertz CT molecular complexity index is 350. The molecule has 2 aliphatic carbocycles. The highest BCUT2D eigenvalue weighted by Gasteiger charge is 2.41. The molecular formula is C10H13ClN4. The molecule has 1 N–H and O–H groups in total. The molecule has 0 aliphatic heterocycles. The Hall–Kier alpha value is -0.900. The first-order valence-electron chi connectivity index (χ1n) is 5.45. The van der Waals surface area contributed by atoms with Gasteiger partial charge in [-0.15, -0.1) is 5.10 Å². The summed E-state index contributed by atoms with van der Waals surface area (Å²) in [6, 6.07) is 0.581. The van der Waals surface area contributed by atoms with Crippen molar-refractivity contribution >= 4 is 17.4 Å². The van der Waals surface area contributed by atoms with Gasteiger partial charge in [0.15, 0.2) is 0 Å². The molecule has 1 heterocycles. The zero-order chi connectivity index (χ0) is 10.3. The SMILES string of the molecule is Clc1nncc(NC(C2CC2)C2CC2)n1. The van der Waals surface area contributed by atoms with Crippen LogP contribution in [0.2, 0.25) is 5.28 Å². The highest BCUT2D eigenvalue weighted by Crippen LogP contribution is 2.45.